The zero-order chi connectivity index (χ0) is 21.2. The van der Waals surface area contributed by atoms with E-state index < -0.39 is 0 Å². The molecule has 0 N–H and O–H groups in total. The molecule has 1 saturated heterocycles. The highest BCUT2D eigenvalue weighted by molar-refractivity contribution is 5.77. The van der Waals surface area contributed by atoms with E-state index in [4.69, 9.17) is 14.0 Å². The Morgan fingerprint density at radius 2 is 1.90 bits per heavy atom. The first-order valence-electron chi connectivity index (χ1n) is 10.4. The maximum Gasteiger partial charge on any atom is 0.227 e. The highest BCUT2D eigenvalue weighted by Gasteiger charge is 2.31. The van der Waals surface area contributed by atoms with Gasteiger partial charge in [0.25, 0.3) is 0 Å². The average Bonchev–Trinajstić information content (AvgIpc) is 3.48. The lowest BCUT2D eigenvalue weighted by molar-refractivity contribution is -0.132. The van der Waals surface area contributed by atoms with Gasteiger partial charge < -0.3 is 18.9 Å². The minimum Gasteiger partial charge on any atom is -0.486 e. The predicted molar refractivity (Wildman–Crippen MR) is 109 cm³/mol. The molecule has 0 aliphatic carbocycles. The molecule has 3 aromatic rings. The van der Waals surface area contributed by atoms with E-state index >= 15 is 0 Å². The van der Waals surface area contributed by atoms with Crippen molar-refractivity contribution < 1.29 is 23.2 Å². The van der Waals surface area contributed by atoms with Crippen molar-refractivity contribution in [1.29, 1.82) is 0 Å². The van der Waals surface area contributed by atoms with Gasteiger partial charge in [0.2, 0.25) is 17.6 Å². The third kappa shape index (κ3) is 4.10. The molecule has 0 bridgehead atoms. The number of benzene rings is 2. The molecule has 5 rings (SSSR count). The molecule has 0 spiro atoms. The van der Waals surface area contributed by atoms with Crippen LogP contribution in [0.15, 0.2) is 47.0 Å². The van der Waals surface area contributed by atoms with Crippen molar-refractivity contribution >= 4 is 5.91 Å². The van der Waals surface area contributed by atoms with Crippen LogP contribution in [0.2, 0.25) is 0 Å². The van der Waals surface area contributed by atoms with Crippen LogP contribution in [0.25, 0.3) is 11.4 Å². The Bertz CT molecular complexity index is 1080. The van der Waals surface area contributed by atoms with Crippen LogP contribution in [0.1, 0.15) is 36.8 Å². The van der Waals surface area contributed by atoms with Crippen LogP contribution in [0.5, 0.6) is 11.5 Å². The average molecular weight is 423 g/mol. The third-order valence-corrected chi connectivity index (χ3v) is 5.65. The molecule has 2 aromatic carbocycles. The van der Waals surface area contributed by atoms with Gasteiger partial charge in [-0.3, -0.25) is 4.79 Å². The van der Waals surface area contributed by atoms with Crippen molar-refractivity contribution in [2.24, 2.45) is 0 Å². The van der Waals surface area contributed by atoms with Crippen LogP contribution in [0.3, 0.4) is 0 Å². The molecule has 0 saturated carbocycles. The van der Waals surface area contributed by atoms with Gasteiger partial charge in [-0.1, -0.05) is 11.2 Å². The highest BCUT2D eigenvalue weighted by atomic mass is 19.1. The number of amides is 1. The van der Waals surface area contributed by atoms with Crippen LogP contribution in [-0.2, 0) is 11.2 Å². The molecule has 1 aromatic heterocycles. The quantitative estimate of drug-likeness (QED) is 0.619. The highest BCUT2D eigenvalue weighted by Crippen LogP contribution is 2.38. The molecule has 2 aliphatic heterocycles. The number of aryl methyl sites for hydroxylation is 1. The largest absolute Gasteiger partial charge is 0.486 e. The number of carbonyl (C=O) groups is 1. The summed E-state index contributed by atoms with van der Waals surface area (Å²) in [6.07, 6.45) is 2.52. The van der Waals surface area contributed by atoms with E-state index in [1.54, 1.807) is 12.1 Å². The lowest BCUT2D eigenvalue weighted by atomic mass is 10.0. The molecular formula is C23H22FN3O4. The van der Waals surface area contributed by atoms with Crippen molar-refractivity contribution in [2.75, 3.05) is 19.8 Å². The van der Waals surface area contributed by atoms with E-state index in [9.17, 15) is 9.18 Å². The topological polar surface area (TPSA) is 77.7 Å². The SMILES string of the molecule is O=C(CCc1nc(-c2ccc(F)cc2)no1)N1CCCC1c1ccc2c(c1)OCCO2. The minimum atomic E-state index is -0.323. The van der Waals surface area contributed by atoms with Crippen LogP contribution < -0.4 is 9.47 Å². The Hall–Kier alpha value is -3.42. The lowest BCUT2D eigenvalue weighted by Gasteiger charge is -2.26. The van der Waals surface area contributed by atoms with E-state index in [0.29, 0.717) is 36.9 Å². The van der Waals surface area contributed by atoms with Crippen molar-refractivity contribution in [3.63, 3.8) is 0 Å². The second-order valence-electron chi connectivity index (χ2n) is 7.67. The number of nitrogens with zero attached hydrogens (tertiary/aromatic N) is 3. The maximum absolute atomic E-state index is 13.1. The summed E-state index contributed by atoms with van der Waals surface area (Å²) in [6.45, 7) is 1.81. The number of fused-ring (bicyclic) bond motifs is 1. The Morgan fingerprint density at radius 3 is 2.74 bits per heavy atom. The number of rotatable bonds is 5. The van der Waals surface area contributed by atoms with Gasteiger partial charge in [-0.15, -0.1) is 0 Å². The fourth-order valence-corrected chi connectivity index (χ4v) is 4.11. The van der Waals surface area contributed by atoms with Crippen LogP contribution in [0.4, 0.5) is 4.39 Å². The fourth-order valence-electron chi connectivity index (χ4n) is 4.11. The summed E-state index contributed by atoms with van der Waals surface area (Å²) in [6, 6.07) is 11.8. The van der Waals surface area contributed by atoms with Crippen molar-refractivity contribution in [3.05, 3.63) is 59.7 Å². The van der Waals surface area contributed by atoms with Gasteiger partial charge in [0, 0.05) is 24.9 Å². The number of hydrogen-bond donors (Lipinski definition) is 0. The van der Waals surface area contributed by atoms with Crippen molar-refractivity contribution in [2.45, 2.75) is 31.7 Å². The molecule has 7 nitrogen and oxygen atoms in total. The van der Waals surface area contributed by atoms with E-state index in [-0.39, 0.29) is 24.2 Å². The summed E-state index contributed by atoms with van der Waals surface area (Å²) in [5, 5.41) is 3.94. The summed E-state index contributed by atoms with van der Waals surface area (Å²) in [5.41, 5.74) is 1.73. The van der Waals surface area contributed by atoms with Crippen LogP contribution in [-0.4, -0.2) is 40.7 Å². The Labute approximate surface area is 178 Å². The molecule has 2 aliphatic rings. The second kappa shape index (κ2) is 8.37. The lowest BCUT2D eigenvalue weighted by Crippen LogP contribution is -2.30. The summed E-state index contributed by atoms with van der Waals surface area (Å²) >= 11 is 0. The first-order chi connectivity index (χ1) is 15.2. The van der Waals surface area contributed by atoms with E-state index in [2.05, 4.69) is 10.1 Å². The minimum absolute atomic E-state index is 0.0285. The molecule has 1 fully saturated rings. The standard InChI is InChI=1S/C23H22FN3O4/c24-17-6-3-15(4-7-17)23-25-21(31-26-23)9-10-22(28)27-11-1-2-18(27)16-5-8-19-20(14-16)30-13-12-29-19/h3-8,14,18H,1-2,9-13H2. The summed E-state index contributed by atoms with van der Waals surface area (Å²) in [7, 11) is 0. The van der Waals surface area contributed by atoms with Crippen molar-refractivity contribution in [3.8, 4) is 22.9 Å². The maximum atomic E-state index is 13.1. The van der Waals surface area contributed by atoms with Gasteiger partial charge in [0.1, 0.15) is 19.0 Å². The first kappa shape index (κ1) is 19.5. The summed E-state index contributed by atoms with van der Waals surface area (Å²) in [5.74, 6) is 2.00. The van der Waals surface area contributed by atoms with Gasteiger partial charge >= 0.3 is 0 Å². The van der Waals surface area contributed by atoms with Gasteiger partial charge in [-0.2, -0.15) is 4.98 Å². The number of carbonyl (C=O) groups excluding carboxylic acids is 1. The van der Waals surface area contributed by atoms with Gasteiger partial charge in [0.15, 0.2) is 11.5 Å². The molecule has 1 atom stereocenters. The van der Waals surface area contributed by atoms with Crippen molar-refractivity contribution in [1.82, 2.24) is 15.0 Å². The van der Waals surface area contributed by atoms with Crippen LogP contribution in [0, 0.1) is 5.82 Å². The number of ether oxygens (including phenoxy) is 2. The first-order valence-corrected chi connectivity index (χ1v) is 10.4. The zero-order valence-electron chi connectivity index (χ0n) is 16.9. The van der Waals surface area contributed by atoms with Crippen LogP contribution >= 0.6 is 0 Å². The molecule has 0 radical (unpaired) electrons. The number of hydrogen-bond acceptors (Lipinski definition) is 6. The van der Waals surface area contributed by atoms with E-state index in [0.717, 1.165) is 36.4 Å². The molecular weight excluding hydrogens is 401 g/mol. The summed E-state index contributed by atoms with van der Waals surface area (Å²) in [4.78, 5) is 19.2. The molecule has 3 heterocycles. The smallest absolute Gasteiger partial charge is 0.227 e. The second-order valence-corrected chi connectivity index (χ2v) is 7.67. The molecule has 31 heavy (non-hydrogen) atoms. The number of aromatic nitrogens is 2. The third-order valence-electron chi connectivity index (χ3n) is 5.65. The number of halogens is 1. The monoisotopic (exact) mass is 423 g/mol. The van der Waals surface area contributed by atoms with Gasteiger partial charge in [-0.25, -0.2) is 4.39 Å². The normalized spacial score (nSPS) is 17.7. The van der Waals surface area contributed by atoms with E-state index in [1.807, 2.05) is 23.1 Å². The Kier molecular flexibility index (Phi) is 5.28. The Morgan fingerprint density at radius 1 is 1.10 bits per heavy atom. The zero-order valence-corrected chi connectivity index (χ0v) is 16.9. The summed E-state index contributed by atoms with van der Waals surface area (Å²) < 4.78 is 29.7. The fraction of sp³-hybridized carbons (Fsp3) is 0.348. The van der Waals surface area contributed by atoms with Gasteiger partial charge in [0.05, 0.1) is 6.04 Å². The van der Waals surface area contributed by atoms with E-state index in [1.165, 1.54) is 12.1 Å². The van der Waals surface area contributed by atoms with Gasteiger partial charge in [-0.05, 0) is 54.8 Å². The predicted octanol–water partition coefficient (Wildman–Crippen LogP) is 3.94. The molecule has 1 amide bonds. The Balaban J connectivity index is 1.23. The molecule has 8 heteroatoms. The molecule has 160 valence electrons. The number of likely N-dealkylation sites (tertiary alicyclic amines) is 1. The molecule has 1 unspecified atom stereocenters.